The fraction of sp³-hybridized carbons (Fsp3) is 0.304. The van der Waals surface area contributed by atoms with Gasteiger partial charge in [-0.15, -0.1) is 0 Å². The fourth-order valence-electron chi connectivity index (χ4n) is 4.26. The van der Waals surface area contributed by atoms with Crippen molar-refractivity contribution in [2.24, 2.45) is 0 Å². The molecule has 3 aromatic rings. The molecule has 4 rings (SSSR count). The summed E-state index contributed by atoms with van der Waals surface area (Å²) in [5.41, 5.74) is 4.58. The second-order valence-electron chi connectivity index (χ2n) is 7.89. The number of carboxylic acid groups (broad SMARTS) is 1. The van der Waals surface area contributed by atoms with E-state index < -0.39 is 5.97 Å². The van der Waals surface area contributed by atoms with Gasteiger partial charge < -0.3 is 5.11 Å². The van der Waals surface area contributed by atoms with E-state index in [9.17, 15) is 9.90 Å². The third kappa shape index (κ3) is 3.71. The molecule has 2 aromatic carbocycles. The average Bonchev–Trinajstić information content (AvgIpc) is 3.25. The number of hydrogen-bond donors (Lipinski definition) is 2. The zero-order valence-corrected chi connectivity index (χ0v) is 16.1. The highest BCUT2D eigenvalue weighted by Gasteiger charge is 2.33. The normalized spacial score (nSPS) is 20.2. The summed E-state index contributed by atoms with van der Waals surface area (Å²) in [7, 11) is 0. The third-order valence-electron chi connectivity index (χ3n) is 5.76. The predicted molar refractivity (Wildman–Crippen MR) is 109 cm³/mol. The summed E-state index contributed by atoms with van der Waals surface area (Å²) >= 11 is 0. The number of H-pyrrole nitrogens is 1. The van der Waals surface area contributed by atoms with E-state index in [0.29, 0.717) is 5.56 Å². The quantitative estimate of drug-likeness (QED) is 0.696. The Labute approximate surface area is 165 Å². The summed E-state index contributed by atoms with van der Waals surface area (Å²) in [6.07, 6.45) is 4.16. The first-order valence-corrected chi connectivity index (χ1v) is 9.69. The van der Waals surface area contributed by atoms with E-state index in [1.165, 1.54) is 17.7 Å². The number of likely N-dealkylation sites (tertiary alicyclic amines) is 1. The minimum Gasteiger partial charge on any atom is -0.478 e. The Hall–Kier alpha value is -2.92. The first-order chi connectivity index (χ1) is 13.5. The largest absolute Gasteiger partial charge is 0.478 e. The number of rotatable bonds is 5. The molecule has 1 aromatic heterocycles. The molecule has 5 heteroatoms. The maximum Gasteiger partial charge on any atom is 0.336 e. The van der Waals surface area contributed by atoms with Crippen molar-refractivity contribution in [3.8, 4) is 11.1 Å². The molecule has 0 bridgehead atoms. The maximum absolute atomic E-state index is 11.5. The molecule has 1 fully saturated rings. The van der Waals surface area contributed by atoms with Crippen LogP contribution in [0, 0.1) is 0 Å². The Morgan fingerprint density at radius 3 is 2.68 bits per heavy atom. The molecule has 2 N–H and O–H groups in total. The number of aromatic amines is 1. The summed E-state index contributed by atoms with van der Waals surface area (Å²) in [5.74, 6) is -0.897. The Morgan fingerprint density at radius 2 is 1.96 bits per heavy atom. The van der Waals surface area contributed by atoms with Crippen molar-refractivity contribution < 1.29 is 9.90 Å². The van der Waals surface area contributed by atoms with Crippen LogP contribution in [0.3, 0.4) is 0 Å². The molecule has 1 saturated heterocycles. The molecule has 28 heavy (non-hydrogen) atoms. The van der Waals surface area contributed by atoms with Crippen molar-refractivity contribution in [3.05, 3.63) is 77.6 Å². The highest BCUT2D eigenvalue weighted by Crippen LogP contribution is 2.33. The van der Waals surface area contributed by atoms with Crippen LogP contribution in [0.4, 0.5) is 0 Å². The van der Waals surface area contributed by atoms with Crippen molar-refractivity contribution >= 4 is 5.97 Å². The van der Waals surface area contributed by atoms with Gasteiger partial charge in [-0.25, -0.2) is 4.79 Å². The van der Waals surface area contributed by atoms with Crippen LogP contribution in [-0.2, 0) is 12.0 Å². The van der Waals surface area contributed by atoms with Gasteiger partial charge in [0.15, 0.2) is 0 Å². The van der Waals surface area contributed by atoms with Gasteiger partial charge in [-0.2, -0.15) is 5.10 Å². The van der Waals surface area contributed by atoms with Crippen molar-refractivity contribution in [3.63, 3.8) is 0 Å². The lowest BCUT2D eigenvalue weighted by Gasteiger charge is -2.40. The van der Waals surface area contributed by atoms with E-state index in [4.69, 9.17) is 0 Å². The summed E-state index contributed by atoms with van der Waals surface area (Å²) in [6, 6.07) is 17.5. The van der Waals surface area contributed by atoms with Crippen LogP contribution >= 0.6 is 0 Å². The molecule has 0 aliphatic carbocycles. The average molecular weight is 375 g/mol. The number of benzene rings is 2. The second kappa shape index (κ2) is 7.60. The predicted octanol–water partition coefficient (Wildman–Crippen LogP) is 4.33. The fourth-order valence-corrected chi connectivity index (χ4v) is 4.26. The highest BCUT2D eigenvalue weighted by molar-refractivity contribution is 5.95. The van der Waals surface area contributed by atoms with E-state index >= 15 is 0 Å². The van der Waals surface area contributed by atoms with Gasteiger partial charge in [0.25, 0.3) is 0 Å². The summed E-state index contributed by atoms with van der Waals surface area (Å²) in [6.45, 7) is 5.29. The standard InChI is InChI=1S/C23H25N3O2/c1-23(21-11-13-24-25-21)12-4-14-26(16-23)15-17-7-9-18(10-8-17)19-5-2-3-6-20(19)22(27)28/h2-3,5-11,13H,4,12,14-16H2,1H3,(H,24,25)(H,27,28)/t23-/m0/s1. The molecule has 0 radical (unpaired) electrons. The Morgan fingerprint density at radius 1 is 1.18 bits per heavy atom. The molecule has 2 heterocycles. The molecule has 0 amide bonds. The van der Waals surface area contributed by atoms with Crippen LogP contribution in [0.2, 0.25) is 0 Å². The first-order valence-electron chi connectivity index (χ1n) is 9.69. The molecule has 0 unspecified atom stereocenters. The number of aromatic carboxylic acids is 1. The molecular formula is C23H25N3O2. The number of aromatic nitrogens is 2. The zero-order chi connectivity index (χ0) is 19.6. The molecular weight excluding hydrogens is 350 g/mol. The lowest BCUT2D eigenvalue weighted by molar-refractivity contribution is 0.0697. The SMILES string of the molecule is C[C@]1(c2ccn[nH]2)CCCN(Cc2ccc(-c3ccccc3C(=O)O)cc2)C1. The number of hydrogen-bond acceptors (Lipinski definition) is 3. The van der Waals surface area contributed by atoms with Gasteiger partial charge >= 0.3 is 5.97 Å². The Balaban J connectivity index is 1.49. The van der Waals surface area contributed by atoms with Gasteiger partial charge in [-0.05, 0) is 48.2 Å². The molecule has 5 nitrogen and oxygen atoms in total. The number of piperidine rings is 1. The molecule has 1 aliphatic rings. The van der Waals surface area contributed by atoms with Crippen LogP contribution in [0.15, 0.2) is 60.8 Å². The van der Waals surface area contributed by atoms with Crippen LogP contribution in [-0.4, -0.2) is 39.3 Å². The van der Waals surface area contributed by atoms with Crippen molar-refractivity contribution in [2.45, 2.75) is 31.7 Å². The molecule has 1 aliphatic heterocycles. The van der Waals surface area contributed by atoms with Crippen LogP contribution < -0.4 is 0 Å². The first kappa shape index (κ1) is 18.4. The number of carbonyl (C=O) groups is 1. The van der Waals surface area contributed by atoms with Gasteiger partial charge in [0, 0.05) is 30.4 Å². The van der Waals surface area contributed by atoms with E-state index in [-0.39, 0.29) is 5.41 Å². The van der Waals surface area contributed by atoms with Crippen molar-refractivity contribution in [1.29, 1.82) is 0 Å². The van der Waals surface area contributed by atoms with Crippen LogP contribution in [0.5, 0.6) is 0 Å². The number of carboxylic acids is 1. The second-order valence-corrected chi connectivity index (χ2v) is 7.89. The Kier molecular flexibility index (Phi) is 5.01. The smallest absolute Gasteiger partial charge is 0.336 e. The summed E-state index contributed by atoms with van der Waals surface area (Å²) in [5, 5.41) is 16.7. The molecule has 0 saturated carbocycles. The van der Waals surface area contributed by atoms with E-state index in [2.05, 4.69) is 40.2 Å². The number of nitrogens with one attached hydrogen (secondary N) is 1. The Bertz CT molecular complexity index is 950. The topological polar surface area (TPSA) is 69.2 Å². The lowest BCUT2D eigenvalue weighted by atomic mass is 9.79. The molecule has 1 atom stereocenters. The van der Waals surface area contributed by atoms with Crippen LogP contribution in [0.25, 0.3) is 11.1 Å². The monoisotopic (exact) mass is 375 g/mol. The molecule has 0 spiro atoms. The minimum atomic E-state index is -0.897. The minimum absolute atomic E-state index is 0.106. The van der Waals surface area contributed by atoms with Crippen LogP contribution in [0.1, 0.15) is 41.4 Å². The van der Waals surface area contributed by atoms with E-state index in [1.54, 1.807) is 12.1 Å². The number of nitrogens with zero attached hydrogens (tertiary/aromatic N) is 2. The third-order valence-corrected chi connectivity index (χ3v) is 5.76. The van der Waals surface area contributed by atoms with Gasteiger partial charge in [0.1, 0.15) is 0 Å². The van der Waals surface area contributed by atoms with Gasteiger partial charge in [-0.3, -0.25) is 10.00 Å². The summed E-state index contributed by atoms with van der Waals surface area (Å²) in [4.78, 5) is 14.0. The van der Waals surface area contributed by atoms with Crippen molar-refractivity contribution in [2.75, 3.05) is 13.1 Å². The van der Waals surface area contributed by atoms with Crippen molar-refractivity contribution in [1.82, 2.24) is 15.1 Å². The van der Waals surface area contributed by atoms with Gasteiger partial charge in [-0.1, -0.05) is 49.4 Å². The van der Waals surface area contributed by atoms with Gasteiger partial charge in [0.05, 0.1) is 5.56 Å². The molecule has 144 valence electrons. The maximum atomic E-state index is 11.5. The zero-order valence-electron chi connectivity index (χ0n) is 16.1. The van der Waals surface area contributed by atoms with E-state index in [0.717, 1.165) is 37.2 Å². The highest BCUT2D eigenvalue weighted by atomic mass is 16.4. The lowest BCUT2D eigenvalue weighted by Crippen LogP contribution is -2.44. The summed E-state index contributed by atoms with van der Waals surface area (Å²) < 4.78 is 0. The van der Waals surface area contributed by atoms with Gasteiger partial charge in [0.2, 0.25) is 0 Å². The van der Waals surface area contributed by atoms with E-state index in [1.807, 2.05) is 30.5 Å².